The van der Waals surface area contributed by atoms with Crippen LogP contribution in [0.2, 0.25) is 0 Å². The second-order valence-corrected chi connectivity index (χ2v) is 8.84. The lowest BCUT2D eigenvalue weighted by molar-refractivity contribution is -0.118. The summed E-state index contributed by atoms with van der Waals surface area (Å²) in [6.45, 7) is 6.67. The van der Waals surface area contributed by atoms with Crippen molar-refractivity contribution in [2.45, 2.75) is 26.8 Å². The van der Waals surface area contributed by atoms with Gasteiger partial charge in [0, 0.05) is 10.4 Å². The van der Waals surface area contributed by atoms with Gasteiger partial charge in [0.05, 0.1) is 33.5 Å². The van der Waals surface area contributed by atoms with Crippen molar-refractivity contribution in [1.29, 1.82) is 0 Å². The number of ether oxygens (including phenoxy) is 4. The molecular formula is C28H32N2O6S. The van der Waals surface area contributed by atoms with Gasteiger partial charge in [-0.05, 0) is 74.2 Å². The summed E-state index contributed by atoms with van der Waals surface area (Å²) in [6, 6.07) is 13.7. The standard InChI is InChI=1S/C28H32N2O6S/c1-6-35-24-13-10-19(15-26(24)36-7-2)18(3)29-28(32)22(17-21-9-8-14-37-21)30-27(31)20-11-12-23(33-4)25(16-20)34-5/h8-18H,6-7H2,1-5H3,(H,29,32)(H,30,31)/b22-17-/t18-/m1/s1. The van der Waals surface area contributed by atoms with Gasteiger partial charge in [-0.2, -0.15) is 0 Å². The number of methoxy groups -OCH3 is 2. The maximum atomic E-state index is 13.3. The van der Waals surface area contributed by atoms with Gasteiger partial charge in [-0.3, -0.25) is 9.59 Å². The quantitative estimate of drug-likeness (QED) is 0.316. The Bertz CT molecular complexity index is 1240. The molecule has 0 spiro atoms. The summed E-state index contributed by atoms with van der Waals surface area (Å²) in [5, 5.41) is 7.62. The van der Waals surface area contributed by atoms with E-state index in [0.717, 1.165) is 10.4 Å². The summed E-state index contributed by atoms with van der Waals surface area (Å²) >= 11 is 1.46. The molecule has 0 unspecified atom stereocenters. The Morgan fingerprint density at radius 2 is 1.62 bits per heavy atom. The molecular weight excluding hydrogens is 492 g/mol. The van der Waals surface area contributed by atoms with Crippen LogP contribution in [0.15, 0.2) is 59.6 Å². The maximum absolute atomic E-state index is 13.3. The predicted octanol–water partition coefficient (Wildman–Crippen LogP) is 5.21. The summed E-state index contributed by atoms with van der Waals surface area (Å²) < 4.78 is 21.9. The summed E-state index contributed by atoms with van der Waals surface area (Å²) in [5.74, 6) is 1.29. The van der Waals surface area contributed by atoms with Gasteiger partial charge in [0.1, 0.15) is 5.70 Å². The number of nitrogens with one attached hydrogen (secondary N) is 2. The van der Waals surface area contributed by atoms with Crippen LogP contribution in [0.3, 0.4) is 0 Å². The van der Waals surface area contributed by atoms with E-state index < -0.39 is 11.8 Å². The molecule has 196 valence electrons. The molecule has 0 aliphatic carbocycles. The van der Waals surface area contributed by atoms with Crippen LogP contribution in [-0.2, 0) is 4.79 Å². The number of amides is 2. The number of rotatable bonds is 12. The Kier molecular flexibility index (Phi) is 9.97. The van der Waals surface area contributed by atoms with Crippen LogP contribution >= 0.6 is 11.3 Å². The highest BCUT2D eigenvalue weighted by molar-refractivity contribution is 7.10. The monoisotopic (exact) mass is 524 g/mol. The molecule has 0 fully saturated rings. The SMILES string of the molecule is CCOc1ccc([C@@H](C)NC(=O)/C(=C/c2cccs2)NC(=O)c2ccc(OC)c(OC)c2)cc1OCC. The van der Waals surface area contributed by atoms with Gasteiger partial charge in [-0.15, -0.1) is 11.3 Å². The van der Waals surface area contributed by atoms with Crippen LogP contribution in [0.25, 0.3) is 6.08 Å². The highest BCUT2D eigenvalue weighted by Gasteiger charge is 2.20. The second-order valence-electron chi connectivity index (χ2n) is 7.86. The molecule has 1 aromatic heterocycles. The van der Waals surface area contributed by atoms with Crippen LogP contribution in [0.5, 0.6) is 23.0 Å². The van der Waals surface area contributed by atoms with Crippen molar-refractivity contribution in [3.63, 3.8) is 0 Å². The summed E-state index contributed by atoms with van der Waals surface area (Å²) in [5.41, 5.74) is 1.27. The number of carbonyl (C=O) groups excluding carboxylic acids is 2. The number of hydrogen-bond acceptors (Lipinski definition) is 7. The topological polar surface area (TPSA) is 95.1 Å². The van der Waals surface area contributed by atoms with E-state index in [9.17, 15) is 9.59 Å². The molecule has 0 aliphatic rings. The smallest absolute Gasteiger partial charge is 0.268 e. The molecule has 0 saturated heterocycles. The normalized spacial score (nSPS) is 11.9. The van der Waals surface area contributed by atoms with E-state index in [-0.39, 0.29) is 11.7 Å². The highest BCUT2D eigenvalue weighted by Crippen LogP contribution is 2.31. The number of hydrogen-bond donors (Lipinski definition) is 2. The second kappa shape index (κ2) is 13.4. The molecule has 2 N–H and O–H groups in total. The zero-order valence-corrected chi connectivity index (χ0v) is 22.4. The fourth-order valence-electron chi connectivity index (χ4n) is 3.54. The van der Waals surface area contributed by atoms with E-state index in [2.05, 4.69) is 10.6 Å². The lowest BCUT2D eigenvalue weighted by atomic mass is 10.1. The first kappa shape index (κ1) is 27.6. The minimum absolute atomic E-state index is 0.116. The van der Waals surface area contributed by atoms with E-state index in [4.69, 9.17) is 18.9 Å². The third-order valence-corrected chi connectivity index (χ3v) is 6.20. The fraction of sp³-hybridized carbons (Fsp3) is 0.286. The first-order chi connectivity index (χ1) is 17.9. The van der Waals surface area contributed by atoms with E-state index >= 15 is 0 Å². The number of benzene rings is 2. The van der Waals surface area contributed by atoms with Crippen molar-refractivity contribution in [3.05, 3.63) is 75.6 Å². The first-order valence-corrected chi connectivity index (χ1v) is 12.8. The third kappa shape index (κ3) is 7.27. The van der Waals surface area contributed by atoms with Crippen LogP contribution in [-0.4, -0.2) is 39.2 Å². The van der Waals surface area contributed by atoms with Crippen molar-refractivity contribution in [1.82, 2.24) is 10.6 Å². The molecule has 0 radical (unpaired) electrons. The maximum Gasteiger partial charge on any atom is 0.268 e. The van der Waals surface area contributed by atoms with Crippen molar-refractivity contribution < 1.29 is 28.5 Å². The molecule has 2 aromatic carbocycles. The Labute approximate surface area is 221 Å². The minimum atomic E-state index is -0.453. The van der Waals surface area contributed by atoms with Gasteiger partial charge in [0.2, 0.25) is 0 Å². The van der Waals surface area contributed by atoms with Gasteiger partial charge in [0.15, 0.2) is 23.0 Å². The van der Waals surface area contributed by atoms with Gasteiger partial charge >= 0.3 is 0 Å². The van der Waals surface area contributed by atoms with Crippen molar-refractivity contribution in [2.24, 2.45) is 0 Å². The van der Waals surface area contributed by atoms with Gasteiger partial charge < -0.3 is 29.6 Å². The van der Waals surface area contributed by atoms with Crippen LogP contribution in [0, 0.1) is 0 Å². The third-order valence-electron chi connectivity index (χ3n) is 5.38. The molecule has 0 saturated carbocycles. The molecule has 1 atom stereocenters. The molecule has 3 rings (SSSR count). The average Bonchev–Trinajstić information content (AvgIpc) is 3.42. The first-order valence-electron chi connectivity index (χ1n) is 11.9. The molecule has 37 heavy (non-hydrogen) atoms. The van der Waals surface area contributed by atoms with E-state index in [1.807, 2.05) is 56.5 Å². The molecule has 0 aliphatic heterocycles. The van der Waals surface area contributed by atoms with E-state index in [1.165, 1.54) is 25.6 Å². The van der Waals surface area contributed by atoms with E-state index in [0.29, 0.717) is 41.8 Å². The molecule has 8 nitrogen and oxygen atoms in total. The minimum Gasteiger partial charge on any atom is -0.493 e. The van der Waals surface area contributed by atoms with Crippen LogP contribution in [0.4, 0.5) is 0 Å². The van der Waals surface area contributed by atoms with E-state index in [1.54, 1.807) is 24.3 Å². The van der Waals surface area contributed by atoms with Gasteiger partial charge in [-0.25, -0.2) is 0 Å². The lowest BCUT2D eigenvalue weighted by Crippen LogP contribution is -2.36. The lowest BCUT2D eigenvalue weighted by Gasteiger charge is -2.19. The average molecular weight is 525 g/mol. The van der Waals surface area contributed by atoms with Crippen molar-refractivity contribution >= 4 is 29.2 Å². The largest absolute Gasteiger partial charge is 0.493 e. The van der Waals surface area contributed by atoms with Crippen LogP contribution in [0.1, 0.15) is 47.6 Å². The van der Waals surface area contributed by atoms with Crippen LogP contribution < -0.4 is 29.6 Å². The summed E-state index contributed by atoms with van der Waals surface area (Å²) in [4.78, 5) is 27.2. The summed E-state index contributed by atoms with van der Waals surface area (Å²) in [6.07, 6.45) is 1.65. The van der Waals surface area contributed by atoms with Gasteiger partial charge in [-0.1, -0.05) is 12.1 Å². The van der Waals surface area contributed by atoms with Crippen molar-refractivity contribution in [2.75, 3.05) is 27.4 Å². The Hall–Kier alpha value is -3.98. The zero-order valence-electron chi connectivity index (χ0n) is 21.6. The molecule has 3 aromatic rings. The summed E-state index contributed by atoms with van der Waals surface area (Å²) in [7, 11) is 3.01. The number of thiophene rings is 1. The van der Waals surface area contributed by atoms with Gasteiger partial charge in [0.25, 0.3) is 11.8 Å². The molecule has 1 heterocycles. The fourth-order valence-corrected chi connectivity index (χ4v) is 4.20. The van der Waals surface area contributed by atoms with Crippen molar-refractivity contribution in [3.8, 4) is 23.0 Å². The molecule has 9 heteroatoms. The Balaban J connectivity index is 1.83. The number of carbonyl (C=O) groups is 2. The molecule has 2 amide bonds. The highest BCUT2D eigenvalue weighted by atomic mass is 32.1. The zero-order chi connectivity index (χ0) is 26.8. The molecule has 0 bridgehead atoms. The Morgan fingerprint density at radius 3 is 2.27 bits per heavy atom. The Morgan fingerprint density at radius 1 is 0.919 bits per heavy atom. The predicted molar refractivity (Wildman–Crippen MR) is 145 cm³/mol.